The second-order valence-corrected chi connectivity index (χ2v) is 5.39. The number of carbonyl (C=O) groups excluding carboxylic acids is 1. The summed E-state index contributed by atoms with van der Waals surface area (Å²) in [6, 6.07) is 9.00. The van der Waals surface area contributed by atoms with Crippen LogP contribution in [0.3, 0.4) is 0 Å². The highest BCUT2D eigenvalue weighted by Crippen LogP contribution is 2.26. The van der Waals surface area contributed by atoms with Gasteiger partial charge in [0.1, 0.15) is 6.07 Å². The average molecular weight is 322 g/mol. The molecule has 1 heterocycles. The first-order chi connectivity index (χ1) is 11.9. The van der Waals surface area contributed by atoms with Crippen molar-refractivity contribution < 1.29 is 13.6 Å². The van der Waals surface area contributed by atoms with Crippen LogP contribution in [0.4, 0.5) is 0 Å². The van der Waals surface area contributed by atoms with Crippen LogP contribution in [0.25, 0.3) is 0 Å². The molecule has 1 aliphatic rings. The third kappa shape index (κ3) is 3.63. The van der Waals surface area contributed by atoms with Gasteiger partial charge in [-0.3, -0.25) is 0 Å². The summed E-state index contributed by atoms with van der Waals surface area (Å²) in [4.78, 5) is 13.6. The summed E-state index contributed by atoms with van der Waals surface area (Å²) in [6.07, 6.45) is 0.284. The van der Waals surface area contributed by atoms with Gasteiger partial charge in [0.15, 0.2) is 5.57 Å². The number of nitriles is 1. The molecule has 22 heavy (non-hydrogen) atoms. The molecule has 0 amide bonds. The van der Waals surface area contributed by atoms with E-state index < -0.39 is 18.9 Å². The van der Waals surface area contributed by atoms with Crippen LogP contribution < -0.4 is 0 Å². The number of aryl methyl sites for hydroxylation is 1. The molecule has 1 unspecified atom stereocenters. The van der Waals surface area contributed by atoms with Crippen LogP contribution in [0.5, 0.6) is 0 Å². The standard InChI is InChI=1S/C17H20N2O2S/c1-3-21-17(20)15(12-18)16(22-2)19-10-8-13-6-4-5-7-14(13)9-11-19/h4-7H,3,8-11H2,1-2H3/b16-15-/i8T2,10T. The van der Waals surface area contributed by atoms with Crippen molar-refractivity contribution in [2.45, 2.75) is 19.7 Å². The van der Waals surface area contributed by atoms with Crippen LogP contribution in [0.1, 0.15) is 22.2 Å². The molecule has 0 fully saturated rings. The monoisotopic (exact) mass is 322 g/mol. The summed E-state index contributed by atoms with van der Waals surface area (Å²) in [5.74, 6) is -0.746. The number of carbonyl (C=O) groups is 1. The van der Waals surface area contributed by atoms with Crippen molar-refractivity contribution in [3.05, 3.63) is 46.0 Å². The second-order valence-electron chi connectivity index (χ2n) is 4.59. The lowest BCUT2D eigenvalue weighted by atomic mass is 10.0. The average Bonchev–Trinajstić information content (AvgIpc) is 2.69. The zero-order valence-corrected chi connectivity index (χ0v) is 13.4. The van der Waals surface area contributed by atoms with E-state index in [1.165, 1.54) is 4.90 Å². The van der Waals surface area contributed by atoms with Crippen LogP contribution in [0, 0.1) is 11.3 Å². The number of benzene rings is 1. The highest BCUT2D eigenvalue weighted by Gasteiger charge is 2.23. The van der Waals surface area contributed by atoms with Crippen LogP contribution in [-0.4, -0.2) is 36.8 Å². The molecule has 0 aromatic heterocycles. The van der Waals surface area contributed by atoms with E-state index in [9.17, 15) is 10.1 Å². The molecule has 0 radical (unpaired) electrons. The van der Waals surface area contributed by atoms with Crippen molar-refractivity contribution in [1.82, 2.24) is 4.90 Å². The van der Waals surface area contributed by atoms with Gasteiger partial charge in [0.2, 0.25) is 0 Å². The van der Waals surface area contributed by atoms with Crippen molar-refractivity contribution in [2.24, 2.45) is 0 Å². The highest BCUT2D eigenvalue weighted by atomic mass is 32.2. The zero-order chi connectivity index (χ0) is 18.6. The molecule has 1 aliphatic heterocycles. The summed E-state index contributed by atoms with van der Waals surface area (Å²) in [5, 5.41) is 9.69. The van der Waals surface area contributed by atoms with E-state index in [0.717, 1.165) is 17.3 Å². The normalized spacial score (nSPS) is 22.9. The molecule has 0 spiro atoms. The van der Waals surface area contributed by atoms with Crippen molar-refractivity contribution in [2.75, 3.05) is 25.9 Å². The van der Waals surface area contributed by atoms with Gasteiger partial charge in [0.25, 0.3) is 0 Å². The lowest BCUT2D eigenvalue weighted by Gasteiger charge is -2.25. The number of nitrogens with zero attached hydrogens (tertiary/aromatic N) is 2. The molecule has 2 rings (SSSR count). The van der Waals surface area contributed by atoms with E-state index >= 15 is 0 Å². The van der Waals surface area contributed by atoms with Gasteiger partial charge >= 0.3 is 5.97 Å². The van der Waals surface area contributed by atoms with E-state index in [-0.39, 0.29) is 17.2 Å². The van der Waals surface area contributed by atoms with E-state index in [1.54, 1.807) is 25.3 Å². The Morgan fingerprint density at radius 1 is 1.50 bits per heavy atom. The minimum atomic E-state index is -1.94. The van der Waals surface area contributed by atoms with Crippen LogP contribution >= 0.6 is 11.8 Å². The molecule has 0 aliphatic carbocycles. The largest absolute Gasteiger partial charge is 0.462 e. The van der Waals surface area contributed by atoms with Gasteiger partial charge in [0.05, 0.1) is 11.6 Å². The van der Waals surface area contributed by atoms with Crippen LogP contribution in [-0.2, 0) is 22.3 Å². The maximum atomic E-state index is 12.1. The summed E-state index contributed by atoms with van der Waals surface area (Å²) >= 11 is 1.15. The summed E-state index contributed by atoms with van der Waals surface area (Å²) in [5.41, 5.74) is 1.13. The van der Waals surface area contributed by atoms with Gasteiger partial charge in [0, 0.05) is 17.2 Å². The van der Waals surface area contributed by atoms with Gasteiger partial charge in [-0.2, -0.15) is 5.26 Å². The van der Waals surface area contributed by atoms with E-state index in [1.807, 2.05) is 18.2 Å². The Morgan fingerprint density at radius 2 is 2.23 bits per heavy atom. The minimum Gasteiger partial charge on any atom is -0.462 e. The van der Waals surface area contributed by atoms with Crippen LogP contribution in [0.2, 0.25) is 0 Å². The number of esters is 1. The maximum absolute atomic E-state index is 12.1. The molecule has 1 aromatic carbocycles. The summed E-state index contributed by atoms with van der Waals surface area (Å²) in [6.45, 7) is 0.852. The molecule has 0 bridgehead atoms. The molecular weight excluding hydrogens is 296 g/mol. The Bertz CT molecular complexity index is 731. The predicted molar refractivity (Wildman–Crippen MR) is 88.2 cm³/mol. The van der Waals surface area contributed by atoms with Crippen LogP contribution in [0.15, 0.2) is 34.9 Å². The Labute approximate surface area is 140 Å². The Morgan fingerprint density at radius 3 is 2.86 bits per heavy atom. The minimum absolute atomic E-state index is 0.141. The Kier molecular flexibility index (Phi) is 4.53. The topological polar surface area (TPSA) is 53.3 Å². The number of rotatable bonds is 4. The van der Waals surface area contributed by atoms with Crippen molar-refractivity contribution in [3.8, 4) is 6.07 Å². The fourth-order valence-electron chi connectivity index (χ4n) is 2.24. The zero-order valence-electron chi connectivity index (χ0n) is 15.6. The molecule has 116 valence electrons. The Balaban J connectivity index is 2.52. The molecule has 0 N–H and O–H groups in total. The first-order valence-corrected chi connectivity index (χ1v) is 8.23. The molecule has 1 atom stereocenters. The molecule has 4 nitrogen and oxygen atoms in total. The van der Waals surface area contributed by atoms with Gasteiger partial charge in [-0.25, -0.2) is 4.79 Å². The lowest BCUT2D eigenvalue weighted by Crippen LogP contribution is -2.27. The number of ether oxygens (including phenoxy) is 1. The lowest BCUT2D eigenvalue weighted by molar-refractivity contribution is -0.138. The molecule has 0 saturated carbocycles. The summed E-state index contributed by atoms with van der Waals surface area (Å²) in [7, 11) is 0. The van der Waals surface area contributed by atoms with Gasteiger partial charge < -0.3 is 9.64 Å². The van der Waals surface area contributed by atoms with E-state index in [0.29, 0.717) is 18.5 Å². The van der Waals surface area contributed by atoms with Gasteiger partial charge in [-0.15, -0.1) is 11.8 Å². The quantitative estimate of drug-likeness (QED) is 0.485. The van der Waals surface area contributed by atoms with Crippen molar-refractivity contribution in [1.29, 1.82) is 5.26 Å². The van der Waals surface area contributed by atoms with Gasteiger partial charge in [-0.1, -0.05) is 24.3 Å². The maximum Gasteiger partial charge on any atom is 0.351 e. The van der Waals surface area contributed by atoms with Crippen molar-refractivity contribution >= 4 is 17.7 Å². The summed E-state index contributed by atoms with van der Waals surface area (Å²) < 4.78 is 30.3. The fraction of sp³-hybridized carbons (Fsp3) is 0.412. The molecule has 0 saturated heterocycles. The number of hydrogen-bond donors (Lipinski definition) is 0. The van der Waals surface area contributed by atoms with E-state index in [4.69, 9.17) is 8.85 Å². The Hall–Kier alpha value is -1.93. The fourth-order valence-corrected chi connectivity index (χ4v) is 2.95. The molecular formula is C17H20N2O2S. The molecule has 1 aromatic rings. The van der Waals surface area contributed by atoms with Crippen molar-refractivity contribution in [3.63, 3.8) is 0 Å². The number of fused-ring (bicyclic) bond motifs is 1. The molecule has 5 heteroatoms. The first kappa shape index (κ1) is 12.6. The van der Waals surface area contributed by atoms with Gasteiger partial charge in [-0.05, 0) is 37.1 Å². The number of hydrogen-bond acceptors (Lipinski definition) is 5. The highest BCUT2D eigenvalue weighted by molar-refractivity contribution is 8.02. The SMILES string of the molecule is [3H]C1N(/C(SC)=C(\C#N)C(=O)OCC)CCc2ccccc2C1([3H])[3H]. The predicted octanol–water partition coefficient (Wildman–Crippen LogP) is 2.75. The number of thioether (sulfide) groups is 1. The third-order valence-corrected chi connectivity index (χ3v) is 4.10. The third-order valence-electron chi connectivity index (χ3n) is 3.27. The smallest absolute Gasteiger partial charge is 0.351 e. The second kappa shape index (κ2) is 7.90. The first-order valence-electron chi connectivity index (χ1n) is 8.58. The van der Waals surface area contributed by atoms with E-state index in [2.05, 4.69) is 0 Å².